The minimum atomic E-state index is -0.920. The summed E-state index contributed by atoms with van der Waals surface area (Å²) in [7, 11) is 0. The van der Waals surface area contributed by atoms with Gasteiger partial charge in [0, 0.05) is 18.8 Å². The molecule has 0 amide bonds. The van der Waals surface area contributed by atoms with Crippen molar-refractivity contribution in [2.75, 3.05) is 18.0 Å². The number of aryl methyl sites for hydroxylation is 1. The number of carbonyl (C=O) groups is 1. The highest BCUT2D eigenvalue weighted by Crippen LogP contribution is 2.30. The smallest absolute Gasteiger partial charge is 0.339 e. The number of anilines is 1. The van der Waals surface area contributed by atoms with Crippen LogP contribution in [0.4, 0.5) is 5.82 Å². The average Bonchev–Trinajstić information content (AvgIpc) is 2.67. The van der Waals surface area contributed by atoms with Gasteiger partial charge < -0.3 is 14.7 Å². The molecule has 1 N–H and O–H groups in total. The van der Waals surface area contributed by atoms with Crippen molar-refractivity contribution in [2.45, 2.75) is 32.0 Å². The van der Waals surface area contributed by atoms with Crippen molar-refractivity contribution in [3.63, 3.8) is 0 Å². The molecule has 2 fully saturated rings. The lowest BCUT2D eigenvalue weighted by Crippen LogP contribution is -2.43. The molecule has 0 spiro atoms. The van der Waals surface area contributed by atoms with Crippen LogP contribution in [-0.4, -0.2) is 41.4 Å². The molecule has 0 aliphatic carbocycles. The number of fused-ring (bicyclic) bond motifs is 2. The fourth-order valence-corrected chi connectivity index (χ4v) is 2.74. The number of carboxylic acids is 1. The van der Waals surface area contributed by atoms with Crippen LogP contribution < -0.4 is 4.90 Å². The molecule has 2 unspecified atom stereocenters. The summed E-state index contributed by atoms with van der Waals surface area (Å²) in [5.74, 6) is -0.334. The van der Waals surface area contributed by atoms with Crippen molar-refractivity contribution in [1.82, 2.24) is 4.98 Å². The fraction of sp³-hybridized carbons (Fsp3) is 0.538. The number of rotatable bonds is 2. The van der Waals surface area contributed by atoms with Crippen molar-refractivity contribution >= 4 is 11.8 Å². The van der Waals surface area contributed by atoms with Crippen LogP contribution in [0.2, 0.25) is 0 Å². The standard InChI is InChI=1S/C13H16N2O3/c1-8-2-5-11(13(16)17)12(14-8)15-6-9-3-4-10(7-15)18-9/h2,5,9-10H,3-4,6-7H2,1H3,(H,16,17). The second-order valence-electron chi connectivity index (χ2n) is 4.99. The third-order valence-electron chi connectivity index (χ3n) is 3.59. The molecule has 96 valence electrons. The third kappa shape index (κ3) is 1.95. The number of aromatic nitrogens is 1. The van der Waals surface area contributed by atoms with E-state index in [1.807, 2.05) is 6.92 Å². The average molecular weight is 248 g/mol. The van der Waals surface area contributed by atoms with Gasteiger partial charge in [-0.3, -0.25) is 0 Å². The number of aromatic carboxylic acids is 1. The Bertz CT molecular complexity index is 477. The number of hydrogen-bond donors (Lipinski definition) is 1. The number of hydrogen-bond acceptors (Lipinski definition) is 4. The quantitative estimate of drug-likeness (QED) is 0.858. The molecule has 5 heteroatoms. The first kappa shape index (κ1) is 11.5. The van der Waals surface area contributed by atoms with E-state index in [4.69, 9.17) is 4.74 Å². The number of pyridine rings is 1. The zero-order valence-corrected chi connectivity index (χ0v) is 10.3. The lowest BCUT2D eigenvalue weighted by atomic mass is 10.2. The van der Waals surface area contributed by atoms with E-state index in [9.17, 15) is 9.90 Å². The Morgan fingerprint density at radius 3 is 2.67 bits per heavy atom. The maximum absolute atomic E-state index is 11.3. The molecule has 2 saturated heterocycles. The van der Waals surface area contributed by atoms with E-state index >= 15 is 0 Å². The van der Waals surface area contributed by atoms with E-state index in [1.165, 1.54) is 0 Å². The third-order valence-corrected chi connectivity index (χ3v) is 3.59. The largest absolute Gasteiger partial charge is 0.478 e. The lowest BCUT2D eigenvalue weighted by Gasteiger charge is -2.33. The van der Waals surface area contributed by atoms with Gasteiger partial charge >= 0.3 is 5.97 Å². The van der Waals surface area contributed by atoms with Gasteiger partial charge in [-0.2, -0.15) is 0 Å². The summed E-state index contributed by atoms with van der Waals surface area (Å²) in [6.07, 6.45) is 2.59. The molecule has 1 aromatic rings. The summed E-state index contributed by atoms with van der Waals surface area (Å²) in [6.45, 7) is 3.37. The first-order valence-electron chi connectivity index (χ1n) is 6.25. The molecular weight excluding hydrogens is 232 g/mol. The zero-order valence-electron chi connectivity index (χ0n) is 10.3. The predicted molar refractivity (Wildman–Crippen MR) is 66.0 cm³/mol. The van der Waals surface area contributed by atoms with E-state index in [1.54, 1.807) is 12.1 Å². The second kappa shape index (κ2) is 4.24. The van der Waals surface area contributed by atoms with Gasteiger partial charge in [0.1, 0.15) is 11.4 Å². The topological polar surface area (TPSA) is 62.7 Å². The molecule has 18 heavy (non-hydrogen) atoms. The van der Waals surface area contributed by atoms with Gasteiger partial charge in [0.15, 0.2) is 0 Å². The van der Waals surface area contributed by atoms with Crippen molar-refractivity contribution < 1.29 is 14.6 Å². The van der Waals surface area contributed by atoms with Crippen LogP contribution in [0.3, 0.4) is 0 Å². The molecule has 0 saturated carbocycles. The second-order valence-corrected chi connectivity index (χ2v) is 4.99. The van der Waals surface area contributed by atoms with Crippen LogP contribution in [0.15, 0.2) is 12.1 Å². The molecule has 2 bridgehead atoms. The molecule has 2 aliphatic heterocycles. The molecule has 3 heterocycles. The summed E-state index contributed by atoms with van der Waals surface area (Å²) in [6, 6.07) is 3.37. The maximum Gasteiger partial charge on any atom is 0.339 e. The van der Waals surface area contributed by atoms with Crippen LogP contribution in [-0.2, 0) is 4.74 Å². The minimum Gasteiger partial charge on any atom is -0.478 e. The highest BCUT2D eigenvalue weighted by atomic mass is 16.5. The Kier molecular flexibility index (Phi) is 2.70. The molecule has 2 atom stereocenters. The monoisotopic (exact) mass is 248 g/mol. The highest BCUT2D eigenvalue weighted by Gasteiger charge is 2.35. The van der Waals surface area contributed by atoms with Gasteiger partial charge in [-0.1, -0.05) is 0 Å². The van der Waals surface area contributed by atoms with Crippen molar-refractivity contribution in [1.29, 1.82) is 0 Å². The van der Waals surface area contributed by atoms with Gasteiger partial charge in [-0.15, -0.1) is 0 Å². The van der Waals surface area contributed by atoms with Crippen molar-refractivity contribution in [3.8, 4) is 0 Å². The summed E-state index contributed by atoms with van der Waals surface area (Å²) in [5.41, 5.74) is 1.12. The molecular formula is C13H16N2O3. The maximum atomic E-state index is 11.3. The molecule has 1 aromatic heterocycles. The van der Waals surface area contributed by atoms with E-state index < -0.39 is 5.97 Å². The van der Waals surface area contributed by atoms with E-state index in [2.05, 4.69) is 9.88 Å². The van der Waals surface area contributed by atoms with Crippen LogP contribution in [0.5, 0.6) is 0 Å². The van der Waals surface area contributed by atoms with Crippen LogP contribution >= 0.6 is 0 Å². The van der Waals surface area contributed by atoms with Gasteiger partial charge in [0.05, 0.1) is 12.2 Å². The normalized spacial score (nSPS) is 26.4. The SMILES string of the molecule is Cc1ccc(C(=O)O)c(N2CC3CCC(C2)O3)n1. The highest BCUT2D eigenvalue weighted by molar-refractivity contribution is 5.93. The number of morpholine rings is 1. The van der Waals surface area contributed by atoms with Gasteiger partial charge in [0.25, 0.3) is 0 Å². The molecule has 3 rings (SSSR count). The Morgan fingerprint density at radius 2 is 2.06 bits per heavy atom. The van der Waals surface area contributed by atoms with Gasteiger partial charge in [0.2, 0.25) is 0 Å². The number of nitrogens with zero attached hydrogens (tertiary/aromatic N) is 2. The zero-order chi connectivity index (χ0) is 12.7. The summed E-state index contributed by atoms with van der Waals surface area (Å²) in [5, 5.41) is 9.24. The Labute approximate surface area is 105 Å². The lowest BCUT2D eigenvalue weighted by molar-refractivity contribution is 0.0300. The summed E-state index contributed by atoms with van der Waals surface area (Å²) in [4.78, 5) is 17.7. The predicted octanol–water partition coefficient (Wildman–Crippen LogP) is 1.46. The Hall–Kier alpha value is -1.62. The molecule has 2 aliphatic rings. The molecule has 5 nitrogen and oxygen atoms in total. The van der Waals surface area contributed by atoms with E-state index in [0.29, 0.717) is 5.82 Å². The fourth-order valence-electron chi connectivity index (χ4n) is 2.74. The molecule has 0 radical (unpaired) electrons. The minimum absolute atomic E-state index is 0.229. The Balaban J connectivity index is 1.95. The number of carboxylic acid groups (broad SMARTS) is 1. The number of ether oxygens (including phenoxy) is 1. The van der Waals surface area contributed by atoms with Crippen LogP contribution in [0.25, 0.3) is 0 Å². The van der Waals surface area contributed by atoms with Gasteiger partial charge in [-0.25, -0.2) is 9.78 Å². The first-order valence-corrected chi connectivity index (χ1v) is 6.25. The van der Waals surface area contributed by atoms with E-state index in [-0.39, 0.29) is 17.8 Å². The van der Waals surface area contributed by atoms with Crippen molar-refractivity contribution in [2.24, 2.45) is 0 Å². The van der Waals surface area contributed by atoms with Crippen molar-refractivity contribution in [3.05, 3.63) is 23.4 Å². The van der Waals surface area contributed by atoms with Crippen LogP contribution in [0, 0.1) is 6.92 Å². The van der Waals surface area contributed by atoms with Gasteiger partial charge in [-0.05, 0) is 31.9 Å². The summed E-state index contributed by atoms with van der Waals surface area (Å²) < 4.78 is 5.76. The summed E-state index contributed by atoms with van der Waals surface area (Å²) >= 11 is 0. The first-order chi connectivity index (χ1) is 8.63. The molecule has 0 aromatic carbocycles. The Morgan fingerprint density at radius 1 is 1.39 bits per heavy atom. The van der Waals surface area contributed by atoms with E-state index in [0.717, 1.165) is 31.6 Å². The van der Waals surface area contributed by atoms with Crippen LogP contribution in [0.1, 0.15) is 28.9 Å².